The van der Waals surface area contributed by atoms with Gasteiger partial charge in [0.25, 0.3) is 0 Å². The van der Waals surface area contributed by atoms with Gasteiger partial charge in [0, 0.05) is 0 Å². The Hall–Kier alpha value is -0.160. The molecule has 1 aromatic carbocycles. The Morgan fingerprint density at radius 3 is 2.64 bits per heavy atom. The van der Waals surface area contributed by atoms with E-state index in [2.05, 4.69) is 0 Å². The van der Waals surface area contributed by atoms with E-state index in [1.165, 1.54) is 6.07 Å². The van der Waals surface area contributed by atoms with E-state index in [1.807, 2.05) is 22.6 Å². The molecule has 0 saturated heterocycles. The molecule has 1 nitrogen and oxygen atoms in total. The summed E-state index contributed by atoms with van der Waals surface area (Å²) in [6, 6.07) is 4.70. The smallest absolute Gasteiger partial charge is 0.136 e. The summed E-state index contributed by atoms with van der Waals surface area (Å²) in [6.45, 7) is 1.62. The maximum Gasteiger partial charge on any atom is 0.136 e. The van der Waals surface area contributed by atoms with Gasteiger partial charge in [-0.2, -0.15) is 0 Å². The van der Waals surface area contributed by atoms with E-state index in [4.69, 9.17) is 5.11 Å². The van der Waals surface area contributed by atoms with E-state index in [0.29, 0.717) is 9.13 Å². The largest absolute Gasteiger partial charge is 0.389 e. The van der Waals surface area contributed by atoms with E-state index in [9.17, 15) is 4.39 Å². The Morgan fingerprint density at radius 1 is 1.55 bits per heavy atom. The van der Waals surface area contributed by atoms with Gasteiger partial charge in [0.05, 0.1) is 9.67 Å². The topological polar surface area (TPSA) is 20.2 Å². The fraction of sp³-hybridized carbons (Fsp3) is 0.250. The van der Waals surface area contributed by atoms with Gasteiger partial charge in [-0.15, -0.1) is 0 Å². The molecule has 0 aliphatic carbocycles. The Bertz CT molecular complexity index is 260. The number of aliphatic hydroxyl groups excluding tert-OH is 1. The van der Waals surface area contributed by atoms with Gasteiger partial charge in [-0.25, -0.2) is 4.39 Å². The van der Waals surface area contributed by atoms with Crippen LogP contribution in [0.5, 0.6) is 0 Å². The number of rotatable bonds is 1. The second-order valence-corrected chi connectivity index (χ2v) is 3.40. The fourth-order valence-electron chi connectivity index (χ4n) is 0.843. The van der Waals surface area contributed by atoms with Crippen LogP contribution in [-0.4, -0.2) is 5.11 Å². The molecular formula is C8H8FIO. The zero-order chi connectivity index (χ0) is 8.43. The second-order valence-electron chi connectivity index (χ2n) is 2.32. The van der Waals surface area contributed by atoms with Gasteiger partial charge in [0.2, 0.25) is 0 Å². The van der Waals surface area contributed by atoms with Crippen molar-refractivity contribution in [3.05, 3.63) is 33.1 Å². The highest BCUT2D eigenvalue weighted by Crippen LogP contribution is 2.21. The first-order valence-electron chi connectivity index (χ1n) is 3.25. The number of hydrogen-bond donors (Lipinski definition) is 1. The first-order valence-corrected chi connectivity index (χ1v) is 4.32. The van der Waals surface area contributed by atoms with Crippen molar-refractivity contribution in [2.45, 2.75) is 13.0 Å². The maximum atomic E-state index is 12.8. The van der Waals surface area contributed by atoms with E-state index in [1.54, 1.807) is 19.1 Å². The monoisotopic (exact) mass is 266 g/mol. The van der Waals surface area contributed by atoms with Gasteiger partial charge in [0.15, 0.2) is 0 Å². The molecule has 1 N–H and O–H groups in total. The minimum atomic E-state index is -0.599. The highest BCUT2D eigenvalue weighted by Gasteiger charge is 2.08. The van der Waals surface area contributed by atoms with Crippen LogP contribution >= 0.6 is 22.6 Å². The van der Waals surface area contributed by atoms with Crippen LogP contribution in [0.3, 0.4) is 0 Å². The Morgan fingerprint density at radius 2 is 2.18 bits per heavy atom. The van der Waals surface area contributed by atoms with E-state index in [0.717, 1.165) is 0 Å². The van der Waals surface area contributed by atoms with Crippen molar-refractivity contribution >= 4 is 22.6 Å². The molecule has 1 aromatic rings. The first kappa shape index (κ1) is 8.93. The van der Waals surface area contributed by atoms with Gasteiger partial charge >= 0.3 is 0 Å². The van der Waals surface area contributed by atoms with Crippen LogP contribution in [0.1, 0.15) is 18.6 Å². The third-order valence-corrected chi connectivity index (χ3v) is 2.57. The Kier molecular flexibility index (Phi) is 2.84. The van der Waals surface area contributed by atoms with Gasteiger partial charge < -0.3 is 5.11 Å². The zero-order valence-corrected chi connectivity index (χ0v) is 8.17. The number of aliphatic hydroxyl groups is 1. The lowest BCUT2D eigenvalue weighted by molar-refractivity contribution is 0.198. The summed E-state index contributed by atoms with van der Waals surface area (Å²) in [6.07, 6.45) is -0.599. The molecule has 0 amide bonds. The Balaban J connectivity index is 3.17. The lowest BCUT2D eigenvalue weighted by Crippen LogP contribution is -1.96. The zero-order valence-electron chi connectivity index (χ0n) is 6.01. The number of hydrogen-bond acceptors (Lipinski definition) is 1. The first-order chi connectivity index (χ1) is 5.13. The maximum absolute atomic E-state index is 12.8. The highest BCUT2D eigenvalue weighted by molar-refractivity contribution is 14.1. The van der Waals surface area contributed by atoms with Crippen molar-refractivity contribution < 1.29 is 9.50 Å². The minimum Gasteiger partial charge on any atom is -0.389 e. The molecule has 11 heavy (non-hydrogen) atoms. The van der Waals surface area contributed by atoms with Crippen LogP contribution in [0.25, 0.3) is 0 Å². The molecule has 1 rings (SSSR count). The molecule has 0 radical (unpaired) electrons. The summed E-state index contributed by atoms with van der Waals surface area (Å²) in [5, 5.41) is 9.16. The average Bonchev–Trinajstić information content (AvgIpc) is 1.94. The average molecular weight is 266 g/mol. The molecule has 0 fully saturated rings. The molecular weight excluding hydrogens is 258 g/mol. The summed E-state index contributed by atoms with van der Waals surface area (Å²) in [7, 11) is 0. The van der Waals surface area contributed by atoms with Crippen molar-refractivity contribution in [1.82, 2.24) is 0 Å². The molecule has 60 valence electrons. The van der Waals surface area contributed by atoms with Gasteiger partial charge in [0.1, 0.15) is 5.82 Å². The van der Waals surface area contributed by atoms with Gasteiger partial charge in [-0.1, -0.05) is 12.1 Å². The predicted molar refractivity (Wildman–Crippen MR) is 49.8 cm³/mol. The Labute approximate surface area is 78.4 Å². The van der Waals surface area contributed by atoms with Crippen molar-refractivity contribution in [2.75, 3.05) is 0 Å². The van der Waals surface area contributed by atoms with E-state index >= 15 is 0 Å². The molecule has 0 aliphatic rings. The van der Waals surface area contributed by atoms with Crippen LogP contribution in [0.4, 0.5) is 4.39 Å². The molecule has 3 heteroatoms. The second kappa shape index (κ2) is 3.49. The van der Waals surface area contributed by atoms with E-state index < -0.39 is 6.10 Å². The molecule has 0 saturated carbocycles. The molecule has 0 heterocycles. The normalized spacial score (nSPS) is 13.1. The van der Waals surface area contributed by atoms with Crippen LogP contribution < -0.4 is 0 Å². The van der Waals surface area contributed by atoms with Crippen molar-refractivity contribution in [3.63, 3.8) is 0 Å². The summed E-state index contributed by atoms with van der Waals surface area (Å²) < 4.78 is 13.3. The summed E-state index contributed by atoms with van der Waals surface area (Å²) >= 11 is 1.89. The molecule has 1 atom stereocenters. The van der Waals surface area contributed by atoms with Crippen LogP contribution in [0.2, 0.25) is 0 Å². The molecule has 0 aliphatic heterocycles. The van der Waals surface area contributed by atoms with Crippen LogP contribution in [0.15, 0.2) is 18.2 Å². The number of halogens is 2. The third-order valence-electron chi connectivity index (χ3n) is 1.43. The SMILES string of the molecule is CC(O)c1cccc(F)c1I. The summed E-state index contributed by atoms with van der Waals surface area (Å²) in [5.74, 6) is -0.274. The lowest BCUT2D eigenvalue weighted by atomic mass is 10.1. The van der Waals surface area contributed by atoms with Crippen LogP contribution in [0, 0.1) is 9.39 Å². The molecule has 0 spiro atoms. The van der Waals surface area contributed by atoms with Crippen LogP contribution in [-0.2, 0) is 0 Å². The summed E-state index contributed by atoms with van der Waals surface area (Å²) in [5.41, 5.74) is 0.644. The van der Waals surface area contributed by atoms with Gasteiger partial charge in [-0.3, -0.25) is 0 Å². The molecule has 0 bridgehead atoms. The molecule has 0 aromatic heterocycles. The minimum absolute atomic E-state index is 0.274. The van der Waals surface area contributed by atoms with Crippen molar-refractivity contribution in [2.24, 2.45) is 0 Å². The highest BCUT2D eigenvalue weighted by atomic mass is 127. The van der Waals surface area contributed by atoms with Crippen molar-refractivity contribution in [1.29, 1.82) is 0 Å². The van der Waals surface area contributed by atoms with E-state index in [-0.39, 0.29) is 5.82 Å². The number of benzene rings is 1. The fourth-order valence-corrected chi connectivity index (χ4v) is 1.65. The molecule has 1 unspecified atom stereocenters. The quantitative estimate of drug-likeness (QED) is 0.774. The van der Waals surface area contributed by atoms with Crippen molar-refractivity contribution in [3.8, 4) is 0 Å². The summed E-state index contributed by atoms with van der Waals surface area (Å²) in [4.78, 5) is 0. The standard InChI is InChI=1S/C8H8FIO/c1-5(11)6-3-2-4-7(9)8(6)10/h2-5,11H,1H3. The third kappa shape index (κ3) is 1.90. The predicted octanol–water partition coefficient (Wildman–Crippen LogP) is 2.48. The lowest BCUT2D eigenvalue weighted by Gasteiger charge is -2.06. The van der Waals surface area contributed by atoms with Gasteiger partial charge in [-0.05, 0) is 41.1 Å².